The fourth-order valence-corrected chi connectivity index (χ4v) is 3.56. The molecule has 2 rings (SSSR count). The molecule has 1 unspecified atom stereocenters. The third-order valence-corrected chi connectivity index (χ3v) is 4.82. The molecule has 1 fully saturated rings. The SMILES string of the molecule is CC(C)(C(=O)N1CCCCC1CCBr)c1ccccc1. The quantitative estimate of drug-likeness (QED) is 0.756. The van der Waals surface area contributed by atoms with Crippen LogP contribution >= 0.6 is 15.9 Å². The maximum absolute atomic E-state index is 13.0. The second-order valence-corrected chi connectivity index (χ2v) is 6.91. The van der Waals surface area contributed by atoms with Gasteiger partial charge in [-0.2, -0.15) is 0 Å². The minimum atomic E-state index is -0.441. The van der Waals surface area contributed by atoms with Gasteiger partial charge < -0.3 is 4.90 Å². The molecule has 0 N–H and O–H groups in total. The molecule has 0 bridgehead atoms. The molecule has 110 valence electrons. The number of carbonyl (C=O) groups is 1. The number of nitrogens with zero attached hydrogens (tertiary/aromatic N) is 1. The smallest absolute Gasteiger partial charge is 0.232 e. The maximum Gasteiger partial charge on any atom is 0.232 e. The third kappa shape index (κ3) is 3.25. The van der Waals surface area contributed by atoms with Gasteiger partial charge in [0.25, 0.3) is 0 Å². The number of rotatable bonds is 4. The molecule has 3 heteroatoms. The Morgan fingerprint density at radius 1 is 1.30 bits per heavy atom. The van der Waals surface area contributed by atoms with Crippen LogP contribution in [0.15, 0.2) is 30.3 Å². The fourth-order valence-electron chi connectivity index (χ4n) is 3.03. The van der Waals surface area contributed by atoms with E-state index in [9.17, 15) is 4.79 Å². The first kappa shape index (κ1) is 15.6. The van der Waals surface area contributed by atoms with Gasteiger partial charge in [0.2, 0.25) is 5.91 Å². The number of amides is 1. The summed E-state index contributed by atoms with van der Waals surface area (Å²) in [6.07, 6.45) is 4.57. The van der Waals surface area contributed by atoms with Crippen LogP contribution in [0.5, 0.6) is 0 Å². The number of halogens is 1. The number of likely N-dealkylation sites (tertiary alicyclic amines) is 1. The summed E-state index contributed by atoms with van der Waals surface area (Å²) in [6.45, 7) is 5.00. The molecular weight excluding hydrogens is 314 g/mol. The molecule has 0 saturated carbocycles. The van der Waals surface area contributed by atoms with Crippen LogP contribution in [0, 0.1) is 0 Å². The monoisotopic (exact) mass is 337 g/mol. The van der Waals surface area contributed by atoms with Gasteiger partial charge in [0, 0.05) is 17.9 Å². The first-order valence-corrected chi connectivity index (χ1v) is 8.62. The molecule has 1 aromatic carbocycles. The summed E-state index contributed by atoms with van der Waals surface area (Å²) in [5.74, 6) is 0.273. The average Bonchev–Trinajstić information content (AvgIpc) is 2.48. The second kappa shape index (κ2) is 6.75. The Morgan fingerprint density at radius 3 is 2.65 bits per heavy atom. The van der Waals surface area contributed by atoms with Crippen LogP contribution in [0.3, 0.4) is 0 Å². The number of carbonyl (C=O) groups excluding carboxylic acids is 1. The van der Waals surface area contributed by atoms with Crippen molar-refractivity contribution < 1.29 is 4.79 Å². The molecule has 0 spiro atoms. The number of alkyl halides is 1. The average molecular weight is 338 g/mol. The van der Waals surface area contributed by atoms with Crippen molar-refractivity contribution in [3.63, 3.8) is 0 Å². The molecule has 2 nitrogen and oxygen atoms in total. The lowest BCUT2D eigenvalue weighted by molar-refractivity contribution is -0.140. The largest absolute Gasteiger partial charge is 0.339 e. The van der Waals surface area contributed by atoms with E-state index in [0.717, 1.165) is 36.7 Å². The first-order valence-electron chi connectivity index (χ1n) is 7.50. The van der Waals surface area contributed by atoms with Crippen LogP contribution < -0.4 is 0 Å². The van der Waals surface area contributed by atoms with Gasteiger partial charge >= 0.3 is 0 Å². The molecule has 1 heterocycles. The van der Waals surface area contributed by atoms with E-state index in [1.165, 1.54) is 6.42 Å². The van der Waals surface area contributed by atoms with Crippen LogP contribution in [0.2, 0.25) is 0 Å². The normalized spacial score (nSPS) is 19.9. The Labute approximate surface area is 130 Å². The molecule has 1 saturated heterocycles. The van der Waals surface area contributed by atoms with E-state index in [2.05, 4.69) is 33.0 Å². The highest BCUT2D eigenvalue weighted by Gasteiger charge is 2.37. The molecule has 1 aromatic rings. The van der Waals surface area contributed by atoms with E-state index in [-0.39, 0.29) is 5.91 Å². The van der Waals surface area contributed by atoms with Crippen molar-refractivity contribution in [1.29, 1.82) is 0 Å². The highest BCUT2D eigenvalue weighted by Crippen LogP contribution is 2.30. The standard InChI is InChI=1S/C17H24BrNO/c1-17(2,14-8-4-3-5-9-14)16(20)19-13-7-6-10-15(19)11-12-18/h3-5,8-9,15H,6-7,10-13H2,1-2H3. The zero-order valence-electron chi connectivity index (χ0n) is 12.4. The van der Waals surface area contributed by atoms with E-state index in [4.69, 9.17) is 0 Å². The Bertz CT molecular complexity index is 442. The summed E-state index contributed by atoms with van der Waals surface area (Å²) in [5.41, 5.74) is 0.663. The molecule has 20 heavy (non-hydrogen) atoms. The van der Waals surface area contributed by atoms with Crippen LogP contribution in [0.25, 0.3) is 0 Å². The summed E-state index contributed by atoms with van der Waals surface area (Å²) >= 11 is 3.52. The van der Waals surface area contributed by atoms with Gasteiger partial charge in [-0.15, -0.1) is 0 Å². The highest BCUT2D eigenvalue weighted by molar-refractivity contribution is 9.09. The third-order valence-electron chi connectivity index (χ3n) is 4.36. The van der Waals surface area contributed by atoms with Crippen LogP contribution in [0.4, 0.5) is 0 Å². The van der Waals surface area contributed by atoms with Crippen molar-refractivity contribution in [2.75, 3.05) is 11.9 Å². The summed E-state index contributed by atoms with van der Waals surface area (Å²) in [4.78, 5) is 15.1. The van der Waals surface area contributed by atoms with Gasteiger partial charge in [0.1, 0.15) is 0 Å². The van der Waals surface area contributed by atoms with Crippen LogP contribution in [0.1, 0.15) is 45.1 Å². The molecule has 0 radical (unpaired) electrons. The van der Waals surface area contributed by atoms with Gasteiger partial charge in [-0.25, -0.2) is 0 Å². The minimum Gasteiger partial charge on any atom is -0.339 e. The highest BCUT2D eigenvalue weighted by atomic mass is 79.9. The molecule has 0 aliphatic carbocycles. The summed E-state index contributed by atoms with van der Waals surface area (Å²) in [7, 11) is 0. The number of hydrogen-bond acceptors (Lipinski definition) is 1. The van der Waals surface area contributed by atoms with Crippen molar-refractivity contribution in [1.82, 2.24) is 4.90 Å². The Morgan fingerprint density at radius 2 is 2.00 bits per heavy atom. The van der Waals surface area contributed by atoms with Crippen LogP contribution in [-0.2, 0) is 10.2 Å². The van der Waals surface area contributed by atoms with Gasteiger partial charge in [0.05, 0.1) is 5.41 Å². The van der Waals surface area contributed by atoms with Gasteiger partial charge in [-0.05, 0) is 45.1 Å². The van der Waals surface area contributed by atoms with Gasteiger partial charge in [0.15, 0.2) is 0 Å². The van der Waals surface area contributed by atoms with Crippen molar-refractivity contribution in [3.8, 4) is 0 Å². The number of hydrogen-bond donors (Lipinski definition) is 0. The van der Waals surface area contributed by atoms with Crippen molar-refractivity contribution in [2.24, 2.45) is 0 Å². The van der Waals surface area contributed by atoms with E-state index in [0.29, 0.717) is 6.04 Å². The van der Waals surface area contributed by atoms with Crippen molar-refractivity contribution in [3.05, 3.63) is 35.9 Å². The minimum absolute atomic E-state index is 0.273. The zero-order chi connectivity index (χ0) is 14.6. The zero-order valence-corrected chi connectivity index (χ0v) is 14.0. The molecule has 1 atom stereocenters. The molecule has 1 aliphatic heterocycles. The van der Waals surface area contributed by atoms with Gasteiger partial charge in [-0.1, -0.05) is 46.3 Å². The molecule has 1 aliphatic rings. The summed E-state index contributed by atoms with van der Waals surface area (Å²) in [6, 6.07) is 10.5. The van der Waals surface area contributed by atoms with Crippen molar-refractivity contribution in [2.45, 2.75) is 51.0 Å². The van der Waals surface area contributed by atoms with E-state index < -0.39 is 5.41 Å². The number of benzene rings is 1. The Hall–Kier alpha value is -0.830. The lowest BCUT2D eigenvalue weighted by Gasteiger charge is -2.40. The van der Waals surface area contributed by atoms with E-state index >= 15 is 0 Å². The molecule has 0 aromatic heterocycles. The Balaban J connectivity index is 2.20. The fraction of sp³-hybridized carbons (Fsp3) is 0.588. The van der Waals surface area contributed by atoms with Crippen LogP contribution in [-0.4, -0.2) is 28.7 Å². The number of piperidine rings is 1. The topological polar surface area (TPSA) is 20.3 Å². The van der Waals surface area contributed by atoms with E-state index in [1.807, 2.05) is 32.0 Å². The maximum atomic E-state index is 13.0. The predicted molar refractivity (Wildman–Crippen MR) is 87.2 cm³/mol. The van der Waals surface area contributed by atoms with Gasteiger partial charge in [-0.3, -0.25) is 4.79 Å². The van der Waals surface area contributed by atoms with Crippen molar-refractivity contribution >= 4 is 21.8 Å². The molecular formula is C17H24BrNO. The lowest BCUT2D eigenvalue weighted by Crippen LogP contribution is -2.50. The second-order valence-electron chi connectivity index (χ2n) is 6.12. The lowest BCUT2D eigenvalue weighted by atomic mass is 9.82. The predicted octanol–water partition coefficient (Wildman–Crippen LogP) is 4.13. The summed E-state index contributed by atoms with van der Waals surface area (Å²) < 4.78 is 0. The van der Waals surface area contributed by atoms with E-state index in [1.54, 1.807) is 0 Å². The Kier molecular flexibility index (Phi) is 5.25. The molecule has 1 amide bonds. The first-order chi connectivity index (χ1) is 9.57. The summed E-state index contributed by atoms with van der Waals surface area (Å²) in [5, 5.41) is 0.965.